The average Bonchev–Trinajstić information content (AvgIpc) is 2.48. The minimum atomic E-state index is 0.699. The number of rotatable bonds is 8. The molecule has 2 nitrogen and oxygen atoms in total. The molecule has 0 saturated carbocycles. The van der Waals surface area contributed by atoms with Gasteiger partial charge in [-0.15, -0.1) is 0 Å². The van der Waals surface area contributed by atoms with Gasteiger partial charge in [0.2, 0.25) is 0 Å². The Kier molecular flexibility index (Phi) is 5.39. The fourth-order valence-corrected chi connectivity index (χ4v) is 2.32. The van der Waals surface area contributed by atoms with Crippen LogP contribution in [0.3, 0.4) is 0 Å². The van der Waals surface area contributed by atoms with E-state index in [1.165, 1.54) is 15.7 Å². The molecular formula is C18H22NO+. The molecule has 0 spiro atoms. The molecule has 0 aliphatic carbocycles. The molecule has 0 aromatic heterocycles. The molecule has 2 heteroatoms. The van der Waals surface area contributed by atoms with Gasteiger partial charge in [-0.05, 0) is 23.6 Å². The van der Waals surface area contributed by atoms with Gasteiger partial charge in [-0.25, -0.2) is 0 Å². The van der Waals surface area contributed by atoms with Crippen LogP contribution in [0.5, 0.6) is 5.75 Å². The van der Waals surface area contributed by atoms with E-state index in [9.17, 15) is 0 Å². The molecule has 0 heterocycles. The summed E-state index contributed by atoms with van der Waals surface area (Å²) in [7, 11) is 0. The molecule has 0 aliphatic rings. The summed E-state index contributed by atoms with van der Waals surface area (Å²) in [5, 5.41) is 2.38. The topological polar surface area (TPSA) is 13.7 Å². The predicted molar refractivity (Wildman–Crippen MR) is 85.4 cm³/mol. The van der Waals surface area contributed by atoms with Crippen molar-refractivity contribution < 1.29 is 9.64 Å². The SMILES string of the molecule is C=CC[NH+](CC=C)CCOc1cccc2ccccc12. The summed E-state index contributed by atoms with van der Waals surface area (Å²) < 4.78 is 5.95. The van der Waals surface area contributed by atoms with Crippen molar-refractivity contribution in [2.24, 2.45) is 0 Å². The van der Waals surface area contributed by atoms with Crippen molar-refractivity contribution in [1.29, 1.82) is 0 Å². The van der Waals surface area contributed by atoms with Crippen LogP contribution < -0.4 is 9.64 Å². The van der Waals surface area contributed by atoms with E-state index >= 15 is 0 Å². The van der Waals surface area contributed by atoms with E-state index < -0.39 is 0 Å². The summed E-state index contributed by atoms with van der Waals surface area (Å²) >= 11 is 0. The van der Waals surface area contributed by atoms with Gasteiger partial charge in [0, 0.05) is 5.39 Å². The minimum absolute atomic E-state index is 0.699. The molecule has 1 N–H and O–H groups in total. The van der Waals surface area contributed by atoms with Gasteiger partial charge in [-0.1, -0.05) is 49.6 Å². The quantitative estimate of drug-likeness (QED) is 0.726. The van der Waals surface area contributed by atoms with Gasteiger partial charge in [-0.2, -0.15) is 0 Å². The first-order valence-corrected chi connectivity index (χ1v) is 7.01. The normalized spacial score (nSPS) is 10.7. The monoisotopic (exact) mass is 268 g/mol. The van der Waals surface area contributed by atoms with E-state index in [0.29, 0.717) is 6.61 Å². The Morgan fingerprint density at radius 2 is 1.65 bits per heavy atom. The molecule has 0 unspecified atom stereocenters. The summed E-state index contributed by atoms with van der Waals surface area (Å²) in [5.74, 6) is 0.958. The van der Waals surface area contributed by atoms with Gasteiger partial charge in [0.1, 0.15) is 18.9 Å². The zero-order valence-corrected chi connectivity index (χ0v) is 11.8. The number of ether oxygens (including phenoxy) is 1. The molecule has 2 rings (SSSR count). The predicted octanol–water partition coefficient (Wildman–Crippen LogP) is 2.48. The first-order chi connectivity index (χ1) is 9.85. The zero-order chi connectivity index (χ0) is 14.2. The molecule has 2 aromatic rings. The van der Waals surface area contributed by atoms with Crippen LogP contribution in [-0.2, 0) is 0 Å². The van der Waals surface area contributed by atoms with E-state index in [2.05, 4.69) is 31.4 Å². The van der Waals surface area contributed by atoms with Crippen LogP contribution in [0, 0.1) is 0 Å². The first kappa shape index (κ1) is 14.4. The highest BCUT2D eigenvalue weighted by Gasteiger charge is 2.06. The summed E-state index contributed by atoms with van der Waals surface area (Å²) in [4.78, 5) is 1.41. The highest BCUT2D eigenvalue weighted by Crippen LogP contribution is 2.24. The average molecular weight is 268 g/mol. The van der Waals surface area contributed by atoms with E-state index in [-0.39, 0.29) is 0 Å². The smallest absolute Gasteiger partial charge is 0.137 e. The van der Waals surface area contributed by atoms with Crippen LogP contribution in [0.1, 0.15) is 0 Å². The first-order valence-electron chi connectivity index (χ1n) is 7.01. The van der Waals surface area contributed by atoms with Gasteiger partial charge < -0.3 is 9.64 Å². The van der Waals surface area contributed by atoms with Crippen LogP contribution in [0.2, 0.25) is 0 Å². The fraction of sp³-hybridized carbons (Fsp3) is 0.222. The maximum absolute atomic E-state index is 5.95. The standard InChI is InChI=1S/C18H21NO/c1-3-12-19(13-4-2)14-15-20-18-11-7-9-16-8-5-6-10-17(16)18/h3-11H,1-2,12-15H2/p+1. The third-order valence-electron chi connectivity index (χ3n) is 3.33. The highest BCUT2D eigenvalue weighted by molar-refractivity contribution is 5.88. The van der Waals surface area contributed by atoms with Crippen molar-refractivity contribution in [3.05, 3.63) is 67.8 Å². The number of nitrogens with one attached hydrogen (secondary N) is 1. The lowest BCUT2D eigenvalue weighted by Gasteiger charge is -2.16. The van der Waals surface area contributed by atoms with E-state index in [4.69, 9.17) is 4.74 Å². The van der Waals surface area contributed by atoms with Gasteiger partial charge in [0.05, 0.1) is 13.1 Å². The van der Waals surface area contributed by atoms with Crippen molar-refractivity contribution in [1.82, 2.24) is 0 Å². The third kappa shape index (κ3) is 3.72. The lowest BCUT2D eigenvalue weighted by molar-refractivity contribution is -0.888. The van der Waals surface area contributed by atoms with Crippen molar-refractivity contribution in [3.8, 4) is 5.75 Å². The van der Waals surface area contributed by atoms with Gasteiger partial charge >= 0.3 is 0 Å². The van der Waals surface area contributed by atoms with Crippen LogP contribution in [0.15, 0.2) is 67.8 Å². The fourth-order valence-electron chi connectivity index (χ4n) is 2.32. The Hall–Kier alpha value is -2.06. The summed E-state index contributed by atoms with van der Waals surface area (Å²) in [6, 6.07) is 14.5. The molecule has 0 atom stereocenters. The second-order valence-corrected chi connectivity index (χ2v) is 4.81. The zero-order valence-electron chi connectivity index (χ0n) is 11.8. The van der Waals surface area contributed by atoms with E-state index in [1.807, 2.05) is 36.4 Å². The lowest BCUT2D eigenvalue weighted by atomic mass is 10.1. The van der Waals surface area contributed by atoms with Crippen molar-refractivity contribution >= 4 is 10.8 Å². The Balaban J connectivity index is 1.98. The molecule has 104 valence electrons. The Bertz CT molecular complexity index is 561. The second-order valence-electron chi connectivity index (χ2n) is 4.81. The molecule has 0 aliphatic heterocycles. The van der Waals surface area contributed by atoms with Crippen LogP contribution in [-0.4, -0.2) is 26.2 Å². The van der Waals surface area contributed by atoms with Gasteiger partial charge in [0.15, 0.2) is 0 Å². The van der Waals surface area contributed by atoms with Crippen molar-refractivity contribution in [2.75, 3.05) is 26.2 Å². The molecule has 0 saturated heterocycles. The molecule has 0 amide bonds. The largest absolute Gasteiger partial charge is 0.487 e. The molecule has 0 radical (unpaired) electrons. The summed E-state index contributed by atoms with van der Waals surface area (Å²) in [6.45, 7) is 11.1. The Morgan fingerprint density at radius 1 is 0.950 bits per heavy atom. The van der Waals surface area contributed by atoms with Crippen LogP contribution in [0.25, 0.3) is 10.8 Å². The number of hydrogen-bond acceptors (Lipinski definition) is 1. The molecule has 0 fully saturated rings. The number of benzene rings is 2. The van der Waals surface area contributed by atoms with Crippen molar-refractivity contribution in [2.45, 2.75) is 0 Å². The third-order valence-corrected chi connectivity index (χ3v) is 3.33. The lowest BCUT2D eigenvalue weighted by Crippen LogP contribution is -3.12. The second kappa shape index (κ2) is 7.51. The van der Waals surface area contributed by atoms with Crippen LogP contribution in [0.4, 0.5) is 0 Å². The summed E-state index contributed by atoms with van der Waals surface area (Å²) in [6.07, 6.45) is 3.88. The van der Waals surface area contributed by atoms with Crippen molar-refractivity contribution in [3.63, 3.8) is 0 Å². The van der Waals surface area contributed by atoms with E-state index in [1.54, 1.807) is 0 Å². The Morgan fingerprint density at radius 3 is 2.40 bits per heavy atom. The van der Waals surface area contributed by atoms with Gasteiger partial charge in [-0.3, -0.25) is 0 Å². The highest BCUT2D eigenvalue weighted by atomic mass is 16.5. The minimum Gasteiger partial charge on any atom is -0.487 e. The number of fused-ring (bicyclic) bond motifs is 1. The van der Waals surface area contributed by atoms with E-state index in [0.717, 1.165) is 25.4 Å². The molecule has 0 bridgehead atoms. The number of quaternary nitrogens is 1. The summed E-state index contributed by atoms with van der Waals surface area (Å²) in [5.41, 5.74) is 0. The van der Waals surface area contributed by atoms with Crippen LogP contribution >= 0.6 is 0 Å². The molecule has 20 heavy (non-hydrogen) atoms. The molecule has 2 aromatic carbocycles. The Labute approximate surface area is 121 Å². The maximum Gasteiger partial charge on any atom is 0.137 e. The maximum atomic E-state index is 5.95. The number of hydrogen-bond donors (Lipinski definition) is 1. The van der Waals surface area contributed by atoms with Gasteiger partial charge in [0.25, 0.3) is 0 Å². The molecular weight excluding hydrogens is 246 g/mol.